The summed E-state index contributed by atoms with van der Waals surface area (Å²) < 4.78 is 22.0. The van der Waals surface area contributed by atoms with Crippen molar-refractivity contribution < 1.29 is 18.0 Å². The summed E-state index contributed by atoms with van der Waals surface area (Å²) in [6.45, 7) is 5.84. The number of rotatable bonds is 8. The molecule has 0 aromatic heterocycles. The Labute approximate surface area is 109 Å². The van der Waals surface area contributed by atoms with Crippen LogP contribution in [0.1, 0.15) is 33.6 Å². The van der Waals surface area contributed by atoms with Gasteiger partial charge >= 0.3 is 0 Å². The molecular formula is C12H23NO4S. The summed E-state index contributed by atoms with van der Waals surface area (Å²) in [7, 11) is -3.11. The normalized spacial score (nSPS) is 15.2. The van der Waals surface area contributed by atoms with Crippen molar-refractivity contribution >= 4 is 22.0 Å². The molecule has 1 N–H and O–H groups in total. The van der Waals surface area contributed by atoms with E-state index in [2.05, 4.69) is 5.32 Å². The minimum Gasteiger partial charge on any atom is -0.346 e. The zero-order chi connectivity index (χ0) is 14.3. The monoisotopic (exact) mass is 277 g/mol. The second kappa shape index (κ2) is 7.51. The highest BCUT2D eigenvalue weighted by Gasteiger charge is 2.19. The van der Waals surface area contributed by atoms with Crippen LogP contribution in [0.2, 0.25) is 0 Å². The molecule has 0 saturated heterocycles. The topological polar surface area (TPSA) is 80.3 Å². The fourth-order valence-corrected chi connectivity index (χ4v) is 2.34. The second-order valence-corrected chi connectivity index (χ2v) is 7.46. The second-order valence-electron chi connectivity index (χ2n) is 5.20. The standard InChI is InChI=1S/C12H23NO4S/c1-9(2)7-10(3)12(15)13-11(8-14)5-6-18(4,16)17/h8-11H,5-7H2,1-4H3,(H,13,15). The SMILES string of the molecule is CC(C)CC(C)C(=O)NC(C=O)CCS(C)(=O)=O. The van der Waals surface area contributed by atoms with Gasteiger partial charge in [0, 0.05) is 12.2 Å². The highest BCUT2D eigenvalue weighted by Crippen LogP contribution is 2.11. The van der Waals surface area contributed by atoms with Crippen molar-refractivity contribution in [3.8, 4) is 0 Å². The molecule has 5 nitrogen and oxygen atoms in total. The van der Waals surface area contributed by atoms with Crippen LogP contribution in [0.15, 0.2) is 0 Å². The van der Waals surface area contributed by atoms with Crippen molar-refractivity contribution in [1.29, 1.82) is 0 Å². The van der Waals surface area contributed by atoms with Crippen LogP contribution in [0, 0.1) is 11.8 Å². The lowest BCUT2D eigenvalue weighted by atomic mass is 9.98. The van der Waals surface area contributed by atoms with Gasteiger partial charge in [0.25, 0.3) is 0 Å². The van der Waals surface area contributed by atoms with Crippen LogP contribution in [-0.4, -0.2) is 38.7 Å². The third-order valence-corrected chi connectivity index (χ3v) is 3.54. The van der Waals surface area contributed by atoms with Gasteiger partial charge in [0.1, 0.15) is 16.1 Å². The van der Waals surface area contributed by atoms with Gasteiger partial charge in [-0.3, -0.25) is 4.79 Å². The fraction of sp³-hybridized carbons (Fsp3) is 0.833. The van der Waals surface area contributed by atoms with Crippen molar-refractivity contribution in [2.24, 2.45) is 11.8 Å². The highest BCUT2D eigenvalue weighted by atomic mass is 32.2. The van der Waals surface area contributed by atoms with E-state index in [1.807, 2.05) is 13.8 Å². The van der Waals surface area contributed by atoms with Gasteiger partial charge in [-0.1, -0.05) is 20.8 Å². The Kier molecular flexibility index (Phi) is 7.13. The van der Waals surface area contributed by atoms with Crippen LogP contribution < -0.4 is 5.32 Å². The molecule has 0 fully saturated rings. The van der Waals surface area contributed by atoms with Crippen molar-refractivity contribution in [3.63, 3.8) is 0 Å². The number of sulfone groups is 1. The van der Waals surface area contributed by atoms with E-state index in [-0.39, 0.29) is 24.0 Å². The molecule has 6 heteroatoms. The Morgan fingerprint density at radius 2 is 1.83 bits per heavy atom. The summed E-state index contributed by atoms with van der Waals surface area (Å²) in [4.78, 5) is 22.5. The molecule has 0 heterocycles. The molecular weight excluding hydrogens is 254 g/mol. The number of amides is 1. The molecule has 0 rings (SSSR count). The first kappa shape index (κ1) is 17.1. The summed E-state index contributed by atoms with van der Waals surface area (Å²) in [5.74, 6) is -0.0775. The summed E-state index contributed by atoms with van der Waals surface area (Å²) in [5.41, 5.74) is 0. The molecule has 2 atom stereocenters. The smallest absolute Gasteiger partial charge is 0.223 e. The van der Waals surface area contributed by atoms with Gasteiger partial charge in [-0.2, -0.15) is 0 Å². The largest absolute Gasteiger partial charge is 0.346 e. The zero-order valence-corrected chi connectivity index (χ0v) is 12.3. The number of hydrogen-bond donors (Lipinski definition) is 1. The lowest BCUT2D eigenvalue weighted by Crippen LogP contribution is -2.40. The van der Waals surface area contributed by atoms with E-state index < -0.39 is 15.9 Å². The quantitative estimate of drug-likeness (QED) is 0.665. The van der Waals surface area contributed by atoms with Crippen molar-refractivity contribution in [3.05, 3.63) is 0 Å². The molecule has 0 aliphatic rings. The minimum absolute atomic E-state index is 0.102. The van der Waals surface area contributed by atoms with Gasteiger partial charge in [0.15, 0.2) is 0 Å². The van der Waals surface area contributed by atoms with Crippen molar-refractivity contribution in [2.75, 3.05) is 12.0 Å². The molecule has 0 aromatic rings. The number of carbonyl (C=O) groups is 2. The Morgan fingerprint density at radius 3 is 2.22 bits per heavy atom. The average Bonchev–Trinajstić information content (AvgIpc) is 2.21. The molecule has 106 valence electrons. The fourth-order valence-electron chi connectivity index (χ4n) is 1.65. The van der Waals surface area contributed by atoms with E-state index in [9.17, 15) is 18.0 Å². The molecule has 0 aromatic carbocycles. The van der Waals surface area contributed by atoms with E-state index in [1.54, 1.807) is 6.92 Å². The Hall–Kier alpha value is -0.910. The van der Waals surface area contributed by atoms with Gasteiger partial charge in [-0.15, -0.1) is 0 Å². The molecule has 18 heavy (non-hydrogen) atoms. The lowest BCUT2D eigenvalue weighted by Gasteiger charge is -2.17. The van der Waals surface area contributed by atoms with Gasteiger partial charge in [-0.05, 0) is 18.8 Å². The average molecular weight is 277 g/mol. The first-order valence-electron chi connectivity index (χ1n) is 6.09. The molecule has 0 aliphatic carbocycles. The van der Waals surface area contributed by atoms with E-state index >= 15 is 0 Å². The Bertz CT molecular complexity index is 376. The van der Waals surface area contributed by atoms with Gasteiger partial charge in [-0.25, -0.2) is 8.42 Å². The third kappa shape index (κ3) is 8.22. The van der Waals surface area contributed by atoms with Crippen molar-refractivity contribution in [1.82, 2.24) is 5.32 Å². The minimum atomic E-state index is -3.11. The van der Waals surface area contributed by atoms with Crippen LogP contribution >= 0.6 is 0 Å². The number of nitrogens with one attached hydrogen (secondary N) is 1. The van der Waals surface area contributed by atoms with Crippen LogP contribution in [-0.2, 0) is 19.4 Å². The van der Waals surface area contributed by atoms with E-state index in [0.717, 1.165) is 12.7 Å². The summed E-state index contributed by atoms with van der Waals surface area (Å²) in [6.07, 6.45) is 2.56. The summed E-state index contributed by atoms with van der Waals surface area (Å²) >= 11 is 0. The van der Waals surface area contributed by atoms with E-state index in [0.29, 0.717) is 12.2 Å². The van der Waals surface area contributed by atoms with E-state index in [1.165, 1.54) is 0 Å². The van der Waals surface area contributed by atoms with Crippen molar-refractivity contribution in [2.45, 2.75) is 39.7 Å². The third-order valence-electron chi connectivity index (χ3n) is 2.56. The highest BCUT2D eigenvalue weighted by molar-refractivity contribution is 7.90. The first-order valence-corrected chi connectivity index (χ1v) is 8.15. The predicted octanol–water partition coefficient (Wildman–Crippen LogP) is 0.787. The molecule has 0 bridgehead atoms. The summed E-state index contributed by atoms with van der Waals surface area (Å²) in [5, 5.41) is 2.57. The predicted molar refractivity (Wildman–Crippen MR) is 70.9 cm³/mol. The number of carbonyl (C=O) groups excluding carboxylic acids is 2. The maximum absolute atomic E-state index is 11.8. The first-order chi connectivity index (χ1) is 8.15. The maximum atomic E-state index is 11.8. The zero-order valence-electron chi connectivity index (χ0n) is 11.5. The van der Waals surface area contributed by atoms with Gasteiger partial charge in [0.05, 0.1) is 11.8 Å². The Morgan fingerprint density at radius 1 is 1.28 bits per heavy atom. The van der Waals surface area contributed by atoms with Crippen LogP contribution in [0.4, 0.5) is 0 Å². The van der Waals surface area contributed by atoms with E-state index in [4.69, 9.17) is 0 Å². The van der Waals surface area contributed by atoms with Gasteiger partial charge in [0.2, 0.25) is 5.91 Å². The van der Waals surface area contributed by atoms with Crippen LogP contribution in [0.5, 0.6) is 0 Å². The van der Waals surface area contributed by atoms with Crippen LogP contribution in [0.3, 0.4) is 0 Å². The van der Waals surface area contributed by atoms with Crippen LogP contribution in [0.25, 0.3) is 0 Å². The Balaban J connectivity index is 4.28. The summed E-state index contributed by atoms with van der Waals surface area (Å²) in [6, 6.07) is -0.721. The molecule has 1 amide bonds. The molecule has 0 aliphatic heterocycles. The molecule has 2 unspecified atom stereocenters. The molecule has 0 radical (unpaired) electrons. The maximum Gasteiger partial charge on any atom is 0.223 e. The molecule has 0 spiro atoms. The number of aldehydes is 1. The number of hydrogen-bond acceptors (Lipinski definition) is 4. The molecule has 0 saturated carbocycles. The lowest BCUT2D eigenvalue weighted by molar-refractivity contribution is -0.127. The van der Waals surface area contributed by atoms with Gasteiger partial charge < -0.3 is 10.1 Å².